The van der Waals surface area contributed by atoms with Gasteiger partial charge in [-0.15, -0.1) is 0 Å². The highest BCUT2D eigenvalue weighted by atomic mass is 16.3. The van der Waals surface area contributed by atoms with E-state index in [1.54, 1.807) is 0 Å². The van der Waals surface area contributed by atoms with E-state index in [2.05, 4.69) is 29.3 Å². The van der Waals surface area contributed by atoms with Gasteiger partial charge in [0.15, 0.2) is 0 Å². The van der Waals surface area contributed by atoms with E-state index < -0.39 is 5.60 Å². The summed E-state index contributed by atoms with van der Waals surface area (Å²) in [5.41, 5.74) is 2.39. The highest BCUT2D eigenvalue weighted by molar-refractivity contribution is 5.92. The van der Waals surface area contributed by atoms with Crippen LogP contribution in [0.5, 0.6) is 0 Å². The van der Waals surface area contributed by atoms with Gasteiger partial charge in [-0.05, 0) is 69.7 Å². The van der Waals surface area contributed by atoms with Gasteiger partial charge in [-0.25, -0.2) is 0 Å². The molecule has 1 saturated carbocycles. The zero-order valence-electron chi connectivity index (χ0n) is 15.0. The molecule has 4 nitrogen and oxygen atoms in total. The Labute approximate surface area is 145 Å². The van der Waals surface area contributed by atoms with Crippen LogP contribution in [-0.4, -0.2) is 29.2 Å². The van der Waals surface area contributed by atoms with Gasteiger partial charge in [-0.3, -0.25) is 4.79 Å². The molecule has 0 bridgehead atoms. The molecule has 1 unspecified atom stereocenters. The molecule has 0 aromatic heterocycles. The van der Waals surface area contributed by atoms with Crippen molar-refractivity contribution in [1.82, 2.24) is 0 Å². The average Bonchev–Trinajstić information content (AvgIpc) is 2.96. The number of rotatable bonds is 4. The standard InChI is InChI=1S/C20H30N2O2/c1-15-13-17(22-12-6-3-7-16(22)2)8-9-18(15)21-19(23)14-20(24)10-4-5-11-20/h8-9,13,16,24H,3-7,10-12,14H2,1-2H3,(H,21,23). The molecule has 1 heterocycles. The van der Waals surface area contributed by atoms with Crippen LogP contribution < -0.4 is 10.2 Å². The number of carbonyl (C=O) groups is 1. The van der Waals surface area contributed by atoms with Gasteiger partial charge < -0.3 is 15.3 Å². The van der Waals surface area contributed by atoms with Crippen LogP contribution in [0.3, 0.4) is 0 Å². The Morgan fingerprint density at radius 2 is 2.04 bits per heavy atom. The molecule has 1 atom stereocenters. The SMILES string of the molecule is Cc1cc(N2CCCCC2C)ccc1NC(=O)CC1(O)CCCC1. The molecule has 4 heteroatoms. The molecule has 1 aromatic carbocycles. The average molecular weight is 330 g/mol. The molecule has 1 aliphatic heterocycles. The minimum absolute atomic E-state index is 0.0819. The summed E-state index contributed by atoms with van der Waals surface area (Å²) in [6, 6.07) is 6.86. The molecule has 2 aliphatic rings. The van der Waals surface area contributed by atoms with Crippen LogP contribution in [0.2, 0.25) is 0 Å². The van der Waals surface area contributed by atoms with Crippen molar-refractivity contribution in [2.24, 2.45) is 0 Å². The second kappa shape index (κ2) is 7.14. The number of hydrogen-bond acceptors (Lipinski definition) is 3. The van der Waals surface area contributed by atoms with Crippen molar-refractivity contribution in [3.8, 4) is 0 Å². The van der Waals surface area contributed by atoms with Gasteiger partial charge >= 0.3 is 0 Å². The number of aryl methyl sites for hydroxylation is 1. The van der Waals surface area contributed by atoms with Gasteiger partial charge in [0.05, 0.1) is 12.0 Å². The third-order valence-corrected chi connectivity index (χ3v) is 5.64. The zero-order chi connectivity index (χ0) is 17.2. The zero-order valence-corrected chi connectivity index (χ0v) is 15.0. The van der Waals surface area contributed by atoms with Crippen LogP contribution in [0.4, 0.5) is 11.4 Å². The van der Waals surface area contributed by atoms with Crippen LogP contribution >= 0.6 is 0 Å². The van der Waals surface area contributed by atoms with Crippen molar-refractivity contribution >= 4 is 17.3 Å². The van der Waals surface area contributed by atoms with E-state index in [9.17, 15) is 9.90 Å². The molecule has 2 fully saturated rings. The largest absolute Gasteiger partial charge is 0.389 e. The lowest BCUT2D eigenvalue weighted by molar-refractivity contribution is -0.120. The number of anilines is 2. The summed E-state index contributed by atoms with van der Waals surface area (Å²) in [5, 5.41) is 13.4. The van der Waals surface area contributed by atoms with E-state index in [1.165, 1.54) is 24.9 Å². The van der Waals surface area contributed by atoms with E-state index in [-0.39, 0.29) is 12.3 Å². The number of amides is 1. The van der Waals surface area contributed by atoms with Crippen LogP contribution in [0.1, 0.15) is 63.9 Å². The van der Waals surface area contributed by atoms with E-state index in [0.29, 0.717) is 6.04 Å². The van der Waals surface area contributed by atoms with Gasteiger partial charge in [-0.2, -0.15) is 0 Å². The van der Waals surface area contributed by atoms with Crippen molar-refractivity contribution in [2.75, 3.05) is 16.8 Å². The monoisotopic (exact) mass is 330 g/mol. The summed E-state index contributed by atoms with van der Waals surface area (Å²) < 4.78 is 0. The molecular formula is C20H30N2O2. The van der Waals surface area contributed by atoms with Crippen molar-refractivity contribution in [2.45, 2.75) is 76.9 Å². The Bertz CT molecular complexity index is 593. The van der Waals surface area contributed by atoms with Crippen LogP contribution in [0.15, 0.2) is 18.2 Å². The van der Waals surface area contributed by atoms with E-state index in [1.807, 2.05) is 13.0 Å². The third-order valence-electron chi connectivity index (χ3n) is 5.64. The van der Waals surface area contributed by atoms with Crippen molar-refractivity contribution < 1.29 is 9.90 Å². The maximum atomic E-state index is 12.3. The van der Waals surface area contributed by atoms with Crippen molar-refractivity contribution in [1.29, 1.82) is 0 Å². The number of aliphatic hydroxyl groups is 1. The maximum Gasteiger partial charge on any atom is 0.227 e. The van der Waals surface area contributed by atoms with Crippen LogP contribution in [-0.2, 0) is 4.79 Å². The first kappa shape index (κ1) is 17.3. The maximum absolute atomic E-state index is 12.3. The summed E-state index contributed by atoms with van der Waals surface area (Å²) in [5.74, 6) is -0.0819. The number of carbonyl (C=O) groups excluding carboxylic acids is 1. The normalized spacial score (nSPS) is 23.3. The Morgan fingerprint density at radius 1 is 1.29 bits per heavy atom. The van der Waals surface area contributed by atoms with Crippen molar-refractivity contribution in [3.05, 3.63) is 23.8 Å². The molecule has 1 amide bonds. The lowest BCUT2D eigenvalue weighted by Crippen LogP contribution is -2.37. The Hall–Kier alpha value is -1.55. The van der Waals surface area contributed by atoms with E-state index >= 15 is 0 Å². The van der Waals surface area contributed by atoms with Gasteiger partial charge in [0.2, 0.25) is 5.91 Å². The van der Waals surface area contributed by atoms with Crippen LogP contribution in [0, 0.1) is 6.92 Å². The smallest absolute Gasteiger partial charge is 0.227 e. The molecule has 0 radical (unpaired) electrons. The van der Waals surface area contributed by atoms with Gasteiger partial charge in [0.25, 0.3) is 0 Å². The molecule has 24 heavy (non-hydrogen) atoms. The Balaban J connectivity index is 1.65. The number of hydrogen-bond donors (Lipinski definition) is 2. The summed E-state index contributed by atoms with van der Waals surface area (Å²) in [6.45, 7) is 5.43. The third kappa shape index (κ3) is 3.92. The first-order valence-corrected chi connectivity index (χ1v) is 9.36. The second-order valence-electron chi connectivity index (χ2n) is 7.69. The first-order chi connectivity index (χ1) is 11.5. The summed E-state index contributed by atoms with van der Waals surface area (Å²) in [6.07, 6.45) is 7.54. The molecular weight excluding hydrogens is 300 g/mol. The van der Waals surface area contributed by atoms with Gasteiger partial charge in [0.1, 0.15) is 0 Å². The quantitative estimate of drug-likeness (QED) is 0.877. The minimum Gasteiger partial charge on any atom is -0.389 e. The molecule has 1 aromatic rings. The Kier molecular flexibility index (Phi) is 5.14. The van der Waals surface area contributed by atoms with E-state index in [0.717, 1.165) is 43.5 Å². The molecule has 2 N–H and O–H groups in total. The summed E-state index contributed by atoms with van der Waals surface area (Å²) >= 11 is 0. The molecule has 1 aliphatic carbocycles. The molecule has 132 valence electrons. The highest BCUT2D eigenvalue weighted by Crippen LogP contribution is 2.33. The van der Waals surface area contributed by atoms with E-state index in [4.69, 9.17) is 0 Å². The predicted molar refractivity (Wildman–Crippen MR) is 98.5 cm³/mol. The number of nitrogens with one attached hydrogen (secondary N) is 1. The molecule has 1 saturated heterocycles. The van der Waals surface area contributed by atoms with Gasteiger partial charge in [-0.1, -0.05) is 12.8 Å². The molecule has 0 spiro atoms. The lowest BCUT2D eigenvalue weighted by atomic mass is 9.97. The predicted octanol–water partition coefficient (Wildman–Crippen LogP) is 4.01. The molecule has 3 rings (SSSR count). The van der Waals surface area contributed by atoms with Crippen molar-refractivity contribution in [3.63, 3.8) is 0 Å². The lowest BCUT2D eigenvalue weighted by Gasteiger charge is -2.35. The number of piperidine rings is 1. The topological polar surface area (TPSA) is 52.6 Å². The first-order valence-electron chi connectivity index (χ1n) is 9.36. The number of benzene rings is 1. The van der Waals surface area contributed by atoms with Gasteiger partial charge in [0, 0.05) is 24.0 Å². The minimum atomic E-state index is -0.791. The highest BCUT2D eigenvalue weighted by Gasteiger charge is 2.33. The van der Waals surface area contributed by atoms with Crippen LogP contribution in [0.25, 0.3) is 0 Å². The fraction of sp³-hybridized carbons (Fsp3) is 0.650. The Morgan fingerprint density at radius 3 is 2.71 bits per heavy atom. The fourth-order valence-corrected chi connectivity index (χ4v) is 4.15. The second-order valence-corrected chi connectivity index (χ2v) is 7.69. The summed E-state index contributed by atoms with van der Waals surface area (Å²) in [7, 11) is 0. The fourth-order valence-electron chi connectivity index (χ4n) is 4.15. The number of nitrogens with zero attached hydrogens (tertiary/aromatic N) is 1. The summed E-state index contributed by atoms with van der Waals surface area (Å²) in [4.78, 5) is 14.7.